The number of fused-ring (bicyclic) bond motifs is 1. The number of hydrogen-bond acceptors (Lipinski definition) is 4. The monoisotopic (exact) mass is 395 g/mol. The standard InChI is InChI=1S/C22H26ClN5/c1-15-18(16-5-4-6-17(24)19(16)23)20-25-11-14-28(20)21(26-15)27-12-9-22(10-13-27)7-2-3-8-22/h4-6,11,14H,2-3,7-10,12-13,24H2,1H3. The molecule has 1 saturated heterocycles. The average molecular weight is 396 g/mol. The van der Waals surface area contributed by atoms with E-state index in [2.05, 4.69) is 14.3 Å². The first-order valence-corrected chi connectivity index (χ1v) is 10.6. The van der Waals surface area contributed by atoms with Crippen molar-refractivity contribution in [2.75, 3.05) is 23.7 Å². The van der Waals surface area contributed by atoms with Gasteiger partial charge in [-0.2, -0.15) is 0 Å². The minimum atomic E-state index is 0.561. The van der Waals surface area contributed by atoms with Crippen LogP contribution in [0.5, 0.6) is 0 Å². The lowest BCUT2D eigenvalue weighted by molar-refractivity contribution is 0.225. The number of benzene rings is 1. The van der Waals surface area contributed by atoms with E-state index in [-0.39, 0.29) is 0 Å². The summed E-state index contributed by atoms with van der Waals surface area (Å²) in [7, 11) is 0. The number of anilines is 2. The Morgan fingerprint density at radius 2 is 1.86 bits per heavy atom. The Hall–Kier alpha value is -2.27. The van der Waals surface area contributed by atoms with E-state index in [1.165, 1.54) is 38.5 Å². The van der Waals surface area contributed by atoms with Crippen LogP contribution in [0.3, 0.4) is 0 Å². The first-order valence-electron chi connectivity index (χ1n) is 10.2. The SMILES string of the molecule is Cc1nc(N2CCC3(CCCC3)CC2)n2ccnc2c1-c1cccc(N)c1Cl. The fourth-order valence-corrected chi connectivity index (χ4v) is 5.38. The van der Waals surface area contributed by atoms with Gasteiger partial charge >= 0.3 is 0 Å². The molecule has 5 rings (SSSR count). The molecule has 0 amide bonds. The maximum Gasteiger partial charge on any atom is 0.211 e. The first-order chi connectivity index (χ1) is 13.6. The first kappa shape index (κ1) is 17.8. The molecule has 3 heterocycles. The van der Waals surface area contributed by atoms with Crippen molar-refractivity contribution < 1.29 is 0 Å². The van der Waals surface area contributed by atoms with Crippen molar-refractivity contribution in [1.29, 1.82) is 0 Å². The maximum absolute atomic E-state index is 6.52. The number of rotatable bonds is 2. The van der Waals surface area contributed by atoms with Crippen LogP contribution >= 0.6 is 11.6 Å². The molecular weight excluding hydrogens is 370 g/mol. The molecule has 1 aromatic carbocycles. The molecule has 1 saturated carbocycles. The topological polar surface area (TPSA) is 59.5 Å². The summed E-state index contributed by atoms with van der Waals surface area (Å²) in [5.74, 6) is 0.988. The molecule has 28 heavy (non-hydrogen) atoms. The number of nitrogen functional groups attached to an aromatic ring is 1. The summed E-state index contributed by atoms with van der Waals surface area (Å²) >= 11 is 6.52. The molecule has 0 unspecified atom stereocenters. The molecule has 0 bridgehead atoms. The summed E-state index contributed by atoms with van der Waals surface area (Å²) in [4.78, 5) is 12.1. The molecule has 2 N–H and O–H groups in total. The molecule has 1 spiro atoms. The van der Waals surface area contributed by atoms with Crippen LogP contribution in [-0.4, -0.2) is 27.5 Å². The van der Waals surface area contributed by atoms with Crippen LogP contribution in [0.25, 0.3) is 16.8 Å². The van der Waals surface area contributed by atoms with Gasteiger partial charge in [0.25, 0.3) is 0 Å². The highest BCUT2D eigenvalue weighted by Gasteiger charge is 2.37. The van der Waals surface area contributed by atoms with Crippen LogP contribution in [0.4, 0.5) is 11.6 Å². The van der Waals surface area contributed by atoms with Crippen LogP contribution in [0.1, 0.15) is 44.2 Å². The predicted octanol–water partition coefficient (Wildman–Crippen LogP) is 5.10. The van der Waals surface area contributed by atoms with E-state index in [9.17, 15) is 0 Å². The minimum absolute atomic E-state index is 0.561. The van der Waals surface area contributed by atoms with Crippen LogP contribution in [-0.2, 0) is 0 Å². The normalized spacial score (nSPS) is 19.0. The third-order valence-electron chi connectivity index (χ3n) is 6.78. The predicted molar refractivity (Wildman–Crippen MR) is 115 cm³/mol. The molecule has 2 aromatic heterocycles. The third kappa shape index (κ3) is 2.75. The second-order valence-electron chi connectivity index (χ2n) is 8.40. The Morgan fingerprint density at radius 1 is 1.11 bits per heavy atom. The van der Waals surface area contributed by atoms with Crippen molar-refractivity contribution in [3.05, 3.63) is 41.3 Å². The van der Waals surface area contributed by atoms with Gasteiger partial charge in [-0.25, -0.2) is 9.97 Å². The lowest BCUT2D eigenvalue weighted by Crippen LogP contribution is -2.40. The van der Waals surface area contributed by atoms with Crippen molar-refractivity contribution in [2.45, 2.75) is 45.4 Å². The zero-order valence-corrected chi connectivity index (χ0v) is 17.0. The highest BCUT2D eigenvalue weighted by atomic mass is 35.5. The Kier molecular flexibility index (Phi) is 4.23. The molecule has 146 valence electrons. The molecule has 2 aliphatic rings. The van der Waals surface area contributed by atoms with Gasteiger partial charge < -0.3 is 10.6 Å². The van der Waals surface area contributed by atoms with Crippen molar-refractivity contribution in [1.82, 2.24) is 14.4 Å². The number of nitrogens with zero attached hydrogens (tertiary/aromatic N) is 4. The maximum atomic E-state index is 6.52. The summed E-state index contributed by atoms with van der Waals surface area (Å²) in [5, 5.41) is 0.561. The Morgan fingerprint density at radius 3 is 2.61 bits per heavy atom. The van der Waals surface area contributed by atoms with Crippen molar-refractivity contribution >= 4 is 28.9 Å². The van der Waals surface area contributed by atoms with Crippen LogP contribution < -0.4 is 10.6 Å². The van der Waals surface area contributed by atoms with E-state index in [1.54, 1.807) is 0 Å². The molecule has 1 aliphatic carbocycles. The lowest BCUT2D eigenvalue weighted by atomic mass is 9.77. The number of piperidine rings is 1. The van der Waals surface area contributed by atoms with Crippen molar-refractivity contribution in [2.24, 2.45) is 5.41 Å². The van der Waals surface area contributed by atoms with E-state index in [1.807, 2.05) is 37.5 Å². The summed E-state index contributed by atoms with van der Waals surface area (Å²) in [6.45, 7) is 4.17. The quantitative estimate of drug-likeness (QED) is 0.613. The number of aryl methyl sites for hydroxylation is 1. The van der Waals surface area contributed by atoms with Gasteiger partial charge in [0.2, 0.25) is 5.95 Å². The number of halogens is 1. The molecule has 6 heteroatoms. The van der Waals surface area contributed by atoms with E-state index in [0.29, 0.717) is 16.1 Å². The minimum Gasteiger partial charge on any atom is -0.398 e. The second kappa shape index (κ2) is 6.66. The number of hydrogen-bond donors (Lipinski definition) is 1. The molecule has 1 aliphatic heterocycles. The fourth-order valence-electron chi connectivity index (χ4n) is 5.16. The van der Waals surface area contributed by atoms with E-state index >= 15 is 0 Å². The smallest absolute Gasteiger partial charge is 0.211 e. The van der Waals surface area contributed by atoms with Gasteiger partial charge in [0.15, 0.2) is 0 Å². The average Bonchev–Trinajstić information content (AvgIpc) is 3.35. The Labute approximate surface area is 170 Å². The van der Waals surface area contributed by atoms with E-state index < -0.39 is 0 Å². The number of aromatic nitrogens is 3. The van der Waals surface area contributed by atoms with Gasteiger partial charge in [-0.1, -0.05) is 36.6 Å². The van der Waals surface area contributed by atoms with Gasteiger partial charge in [-0.3, -0.25) is 4.40 Å². The number of imidazole rings is 1. The molecule has 2 fully saturated rings. The summed E-state index contributed by atoms with van der Waals surface area (Å²) in [5.41, 5.74) is 10.9. The van der Waals surface area contributed by atoms with Gasteiger partial charge in [0.1, 0.15) is 5.65 Å². The Balaban J connectivity index is 1.56. The van der Waals surface area contributed by atoms with E-state index in [4.69, 9.17) is 22.3 Å². The summed E-state index contributed by atoms with van der Waals surface area (Å²) < 4.78 is 2.11. The van der Waals surface area contributed by atoms with Gasteiger partial charge in [0.05, 0.1) is 16.4 Å². The molecule has 0 atom stereocenters. The second-order valence-corrected chi connectivity index (χ2v) is 8.77. The lowest BCUT2D eigenvalue weighted by Gasteiger charge is -2.40. The zero-order chi connectivity index (χ0) is 19.3. The Bertz CT molecular complexity index is 1020. The molecule has 3 aromatic rings. The third-order valence-corrected chi connectivity index (χ3v) is 7.20. The molecule has 0 radical (unpaired) electrons. The van der Waals surface area contributed by atoms with Crippen molar-refractivity contribution in [3.63, 3.8) is 0 Å². The van der Waals surface area contributed by atoms with Crippen LogP contribution in [0.15, 0.2) is 30.6 Å². The zero-order valence-electron chi connectivity index (χ0n) is 16.3. The van der Waals surface area contributed by atoms with E-state index in [0.717, 1.165) is 41.5 Å². The van der Waals surface area contributed by atoms with Crippen molar-refractivity contribution in [3.8, 4) is 11.1 Å². The molecule has 5 nitrogen and oxygen atoms in total. The van der Waals surface area contributed by atoms with Gasteiger partial charge in [-0.05, 0) is 44.1 Å². The largest absolute Gasteiger partial charge is 0.398 e. The van der Waals surface area contributed by atoms with Crippen LogP contribution in [0, 0.1) is 12.3 Å². The van der Waals surface area contributed by atoms with Gasteiger partial charge in [-0.15, -0.1) is 0 Å². The van der Waals surface area contributed by atoms with Gasteiger partial charge in [0, 0.05) is 36.6 Å². The molecular formula is C22H26ClN5. The summed E-state index contributed by atoms with van der Waals surface area (Å²) in [6.07, 6.45) is 12.0. The number of nitrogens with two attached hydrogens (primary N) is 1. The summed E-state index contributed by atoms with van der Waals surface area (Å²) in [6, 6.07) is 5.73. The highest BCUT2D eigenvalue weighted by Crippen LogP contribution is 2.46. The highest BCUT2D eigenvalue weighted by molar-refractivity contribution is 6.36. The fraction of sp³-hybridized carbons (Fsp3) is 0.455. The van der Waals surface area contributed by atoms with Crippen LogP contribution in [0.2, 0.25) is 5.02 Å².